The molecular formula is C16H19ClO2. The summed E-state index contributed by atoms with van der Waals surface area (Å²) in [4.78, 5) is 0. The molecule has 2 aromatic rings. The van der Waals surface area contributed by atoms with E-state index < -0.39 is 5.60 Å². The van der Waals surface area contributed by atoms with E-state index in [4.69, 9.17) is 16.0 Å². The highest BCUT2D eigenvalue weighted by molar-refractivity contribution is 6.34. The van der Waals surface area contributed by atoms with E-state index in [1.54, 1.807) is 0 Å². The van der Waals surface area contributed by atoms with Gasteiger partial charge in [0.25, 0.3) is 0 Å². The third-order valence-electron chi connectivity index (χ3n) is 4.13. The van der Waals surface area contributed by atoms with E-state index in [2.05, 4.69) is 13.8 Å². The summed E-state index contributed by atoms with van der Waals surface area (Å²) in [6, 6.07) is 7.62. The number of halogens is 1. The molecule has 2 atom stereocenters. The van der Waals surface area contributed by atoms with Crippen LogP contribution >= 0.6 is 11.6 Å². The molecule has 0 saturated heterocycles. The third kappa shape index (κ3) is 2.28. The lowest BCUT2D eigenvalue weighted by molar-refractivity contribution is -0.0515. The van der Waals surface area contributed by atoms with E-state index >= 15 is 0 Å². The summed E-state index contributed by atoms with van der Waals surface area (Å²) in [6.45, 7) is 4.38. The molecule has 1 fully saturated rings. The van der Waals surface area contributed by atoms with E-state index in [0.29, 0.717) is 28.2 Å². The van der Waals surface area contributed by atoms with E-state index in [1.807, 2.05) is 24.3 Å². The van der Waals surface area contributed by atoms with Crippen LogP contribution in [0.15, 0.2) is 28.7 Å². The molecule has 2 unspecified atom stereocenters. The molecule has 1 aliphatic carbocycles. The predicted octanol–water partition coefficient (Wildman–Crippen LogP) is 4.73. The standard InChI is InChI=1S/C16H19ClO2/c1-10-6-11(2)9-16(18,8-10)14-7-12-4-3-5-13(17)15(12)19-14/h3-5,7,10-11,18H,6,8-9H2,1-2H3. The number of aliphatic hydroxyl groups is 1. The second kappa shape index (κ2) is 4.53. The van der Waals surface area contributed by atoms with Crippen molar-refractivity contribution in [2.45, 2.75) is 38.7 Å². The molecule has 1 N–H and O–H groups in total. The van der Waals surface area contributed by atoms with Crippen molar-refractivity contribution < 1.29 is 9.52 Å². The van der Waals surface area contributed by atoms with Crippen LogP contribution in [0.3, 0.4) is 0 Å². The molecule has 0 bridgehead atoms. The molecule has 1 saturated carbocycles. The summed E-state index contributed by atoms with van der Waals surface area (Å²) in [5.41, 5.74) is -0.169. The number of fused-ring (bicyclic) bond motifs is 1. The first-order valence-corrected chi connectivity index (χ1v) is 7.26. The van der Waals surface area contributed by atoms with E-state index in [-0.39, 0.29) is 0 Å². The molecule has 1 heterocycles. The summed E-state index contributed by atoms with van der Waals surface area (Å²) in [5, 5.41) is 12.5. The Hall–Kier alpha value is -0.990. The molecular weight excluding hydrogens is 260 g/mol. The van der Waals surface area contributed by atoms with E-state index in [9.17, 15) is 5.11 Å². The van der Waals surface area contributed by atoms with Crippen LogP contribution in [0, 0.1) is 11.8 Å². The lowest BCUT2D eigenvalue weighted by Crippen LogP contribution is -2.35. The number of hydrogen-bond acceptors (Lipinski definition) is 2. The average Bonchev–Trinajstić information content (AvgIpc) is 2.73. The summed E-state index contributed by atoms with van der Waals surface area (Å²) in [6.07, 6.45) is 2.69. The largest absolute Gasteiger partial charge is 0.456 e. The van der Waals surface area contributed by atoms with Gasteiger partial charge < -0.3 is 9.52 Å². The normalized spacial score (nSPS) is 31.8. The highest BCUT2D eigenvalue weighted by Crippen LogP contribution is 2.44. The third-order valence-corrected chi connectivity index (χ3v) is 4.43. The van der Waals surface area contributed by atoms with Crippen molar-refractivity contribution in [1.82, 2.24) is 0 Å². The van der Waals surface area contributed by atoms with Crippen molar-refractivity contribution in [1.29, 1.82) is 0 Å². The smallest absolute Gasteiger partial charge is 0.153 e. The molecule has 102 valence electrons. The highest BCUT2D eigenvalue weighted by Gasteiger charge is 2.40. The topological polar surface area (TPSA) is 33.4 Å². The molecule has 1 aromatic carbocycles. The molecule has 1 aliphatic rings. The number of para-hydroxylation sites is 1. The fourth-order valence-corrected chi connectivity index (χ4v) is 3.77. The molecule has 0 radical (unpaired) electrons. The maximum Gasteiger partial charge on any atom is 0.153 e. The van der Waals surface area contributed by atoms with Gasteiger partial charge in [0.1, 0.15) is 11.4 Å². The van der Waals surface area contributed by atoms with Gasteiger partial charge in [-0.05, 0) is 43.2 Å². The van der Waals surface area contributed by atoms with Crippen LogP contribution in [0.1, 0.15) is 38.9 Å². The van der Waals surface area contributed by atoms with Gasteiger partial charge in [0, 0.05) is 5.39 Å². The zero-order valence-corrected chi connectivity index (χ0v) is 12.1. The zero-order valence-electron chi connectivity index (χ0n) is 11.3. The van der Waals surface area contributed by atoms with Crippen molar-refractivity contribution in [2.75, 3.05) is 0 Å². The van der Waals surface area contributed by atoms with Crippen LogP contribution in [0.5, 0.6) is 0 Å². The maximum absolute atomic E-state index is 10.9. The minimum atomic E-state index is -0.848. The Balaban J connectivity index is 2.05. The number of benzene rings is 1. The van der Waals surface area contributed by atoms with Crippen molar-refractivity contribution in [3.63, 3.8) is 0 Å². The lowest BCUT2D eigenvalue weighted by atomic mass is 9.73. The molecule has 3 rings (SSSR count). The first-order valence-electron chi connectivity index (χ1n) is 6.89. The Morgan fingerprint density at radius 1 is 1.26 bits per heavy atom. The average molecular weight is 279 g/mol. The van der Waals surface area contributed by atoms with Crippen molar-refractivity contribution >= 4 is 22.6 Å². The van der Waals surface area contributed by atoms with Gasteiger partial charge in [-0.2, -0.15) is 0 Å². The van der Waals surface area contributed by atoms with Crippen LogP contribution in [-0.4, -0.2) is 5.11 Å². The summed E-state index contributed by atoms with van der Waals surface area (Å²) < 4.78 is 5.86. The van der Waals surface area contributed by atoms with Gasteiger partial charge in [0.2, 0.25) is 0 Å². The molecule has 0 spiro atoms. The van der Waals surface area contributed by atoms with Crippen LogP contribution in [-0.2, 0) is 5.60 Å². The SMILES string of the molecule is CC1CC(C)CC(O)(c2cc3cccc(Cl)c3o2)C1. The fourth-order valence-electron chi connectivity index (χ4n) is 3.55. The summed E-state index contributed by atoms with van der Waals surface area (Å²) in [7, 11) is 0. The second-order valence-electron chi connectivity index (χ2n) is 6.15. The van der Waals surface area contributed by atoms with Crippen molar-refractivity contribution in [2.24, 2.45) is 11.8 Å². The Bertz CT molecular complexity index is 592. The fraction of sp³-hybridized carbons (Fsp3) is 0.500. The molecule has 1 aromatic heterocycles. The Labute approximate surface area is 118 Å². The number of rotatable bonds is 1. The van der Waals surface area contributed by atoms with Gasteiger partial charge in [-0.3, -0.25) is 0 Å². The number of hydrogen-bond donors (Lipinski definition) is 1. The Kier molecular flexibility index (Phi) is 3.11. The minimum Gasteiger partial charge on any atom is -0.456 e. The molecule has 0 aliphatic heterocycles. The number of furan rings is 1. The van der Waals surface area contributed by atoms with E-state index in [0.717, 1.165) is 18.2 Å². The first-order chi connectivity index (χ1) is 8.98. The van der Waals surface area contributed by atoms with Gasteiger partial charge in [0.15, 0.2) is 5.58 Å². The van der Waals surface area contributed by atoms with Gasteiger partial charge >= 0.3 is 0 Å². The predicted molar refractivity (Wildman–Crippen MR) is 77.3 cm³/mol. The van der Waals surface area contributed by atoms with Crippen LogP contribution < -0.4 is 0 Å². The van der Waals surface area contributed by atoms with Gasteiger partial charge in [-0.15, -0.1) is 0 Å². The van der Waals surface area contributed by atoms with Crippen molar-refractivity contribution in [3.8, 4) is 0 Å². The lowest BCUT2D eigenvalue weighted by Gasteiger charge is -2.37. The maximum atomic E-state index is 10.9. The quantitative estimate of drug-likeness (QED) is 0.818. The Morgan fingerprint density at radius 3 is 2.58 bits per heavy atom. The van der Waals surface area contributed by atoms with Crippen molar-refractivity contribution in [3.05, 3.63) is 35.0 Å². The monoisotopic (exact) mass is 278 g/mol. The van der Waals surface area contributed by atoms with Gasteiger partial charge in [-0.25, -0.2) is 0 Å². The Morgan fingerprint density at radius 2 is 1.95 bits per heavy atom. The molecule has 19 heavy (non-hydrogen) atoms. The minimum absolute atomic E-state index is 0.512. The van der Waals surface area contributed by atoms with E-state index in [1.165, 1.54) is 6.42 Å². The second-order valence-corrected chi connectivity index (χ2v) is 6.56. The first kappa shape index (κ1) is 13.0. The summed E-state index contributed by atoms with van der Waals surface area (Å²) >= 11 is 6.14. The van der Waals surface area contributed by atoms with Crippen LogP contribution in [0.4, 0.5) is 0 Å². The molecule has 0 amide bonds. The molecule has 3 heteroatoms. The van der Waals surface area contributed by atoms with Crippen LogP contribution in [0.25, 0.3) is 11.0 Å². The summed E-state index contributed by atoms with van der Waals surface area (Å²) in [5.74, 6) is 1.68. The zero-order chi connectivity index (χ0) is 13.6. The van der Waals surface area contributed by atoms with Gasteiger partial charge in [-0.1, -0.05) is 37.6 Å². The van der Waals surface area contributed by atoms with Crippen LogP contribution in [0.2, 0.25) is 5.02 Å². The van der Waals surface area contributed by atoms with Gasteiger partial charge in [0.05, 0.1) is 5.02 Å². The highest BCUT2D eigenvalue weighted by atomic mass is 35.5. The molecule has 2 nitrogen and oxygen atoms in total.